The summed E-state index contributed by atoms with van der Waals surface area (Å²) >= 11 is 0. The van der Waals surface area contributed by atoms with Crippen LogP contribution in [0.5, 0.6) is 0 Å². The molecule has 0 saturated heterocycles. The smallest absolute Gasteiger partial charge is 0.334 e. The topological polar surface area (TPSA) is 81.3 Å². The summed E-state index contributed by atoms with van der Waals surface area (Å²) < 4.78 is 0. The Balaban J connectivity index is 2.58. The molecule has 17 heavy (non-hydrogen) atoms. The van der Waals surface area contributed by atoms with Crippen LogP contribution in [-0.4, -0.2) is 22.3 Å². The third-order valence-electron chi connectivity index (χ3n) is 3.42. The van der Waals surface area contributed by atoms with Gasteiger partial charge in [-0.05, 0) is 30.4 Å². The highest BCUT2D eigenvalue weighted by Crippen LogP contribution is 2.39. The summed E-state index contributed by atoms with van der Waals surface area (Å²) in [6.07, 6.45) is 0.253. The minimum absolute atomic E-state index is 0.383. The van der Waals surface area contributed by atoms with Crippen LogP contribution in [-0.2, 0) is 16.6 Å². The first-order valence-electron chi connectivity index (χ1n) is 5.52. The average molecular weight is 231 g/mol. The molecule has 2 unspecified atom stereocenters. The molecule has 88 valence electrons. The van der Waals surface area contributed by atoms with Crippen molar-refractivity contribution in [3.63, 3.8) is 0 Å². The lowest BCUT2D eigenvalue weighted by atomic mass is 9.67. The fourth-order valence-corrected chi connectivity index (χ4v) is 2.54. The number of rotatable bonds is 2. The standard InChI is InChI=1S/C13H13NO3/c14-8-13(11(15)12(16)17)7-3-5-9-4-1-2-6-10(9)13/h1-2,4,6,11,15H,3,5,7H2,(H,16,17). The summed E-state index contributed by atoms with van der Waals surface area (Å²) in [4.78, 5) is 11.0. The van der Waals surface area contributed by atoms with Gasteiger partial charge in [0.2, 0.25) is 0 Å². The van der Waals surface area contributed by atoms with Crippen LogP contribution in [0.15, 0.2) is 24.3 Å². The molecule has 0 fully saturated rings. The van der Waals surface area contributed by atoms with Crippen molar-refractivity contribution in [3.8, 4) is 6.07 Å². The molecule has 0 aromatic heterocycles. The van der Waals surface area contributed by atoms with Crippen LogP contribution < -0.4 is 0 Å². The highest BCUT2D eigenvalue weighted by atomic mass is 16.4. The molecule has 0 aliphatic heterocycles. The molecule has 4 nitrogen and oxygen atoms in total. The first kappa shape index (κ1) is 11.6. The molecule has 1 aromatic rings. The van der Waals surface area contributed by atoms with Crippen LogP contribution in [0.4, 0.5) is 0 Å². The number of carbonyl (C=O) groups is 1. The summed E-state index contributed by atoms with van der Waals surface area (Å²) in [6.45, 7) is 0. The zero-order valence-electron chi connectivity index (χ0n) is 9.26. The van der Waals surface area contributed by atoms with Crippen LogP contribution >= 0.6 is 0 Å². The van der Waals surface area contributed by atoms with E-state index in [0.29, 0.717) is 12.0 Å². The van der Waals surface area contributed by atoms with Gasteiger partial charge in [0.25, 0.3) is 0 Å². The van der Waals surface area contributed by atoms with Crippen molar-refractivity contribution in [2.45, 2.75) is 30.8 Å². The highest BCUT2D eigenvalue weighted by Gasteiger charge is 2.46. The number of hydrogen-bond acceptors (Lipinski definition) is 3. The van der Waals surface area contributed by atoms with E-state index in [0.717, 1.165) is 18.4 Å². The second-order valence-corrected chi connectivity index (χ2v) is 4.33. The molecule has 0 bridgehead atoms. The monoisotopic (exact) mass is 231 g/mol. The number of nitriles is 1. The van der Waals surface area contributed by atoms with Gasteiger partial charge < -0.3 is 10.2 Å². The average Bonchev–Trinajstić information content (AvgIpc) is 2.37. The third-order valence-corrected chi connectivity index (χ3v) is 3.42. The molecule has 0 spiro atoms. The molecule has 2 atom stereocenters. The quantitative estimate of drug-likeness (QED) is 0.802. The summed E-state index contributed by atoms with van der Waals surface area (Å²) in [6, 6.07) is 9.28. The molecule has 1 aromatic carbocycles. The third kappa shape index (κ3) is 1.69. The highest BCUT2D eigenvalue weighted by molar-refractivity contribution is 5.76. The normalized spacial score (nSPS) is 24.5. The Bertz CT molecular complexity index is 492. The van der Waals surface area contributed by atoms with Crippen molar-refractivity contribution in [2.24, 2.45) is 0 Å². The van der Waals surface area contributed by atoms with E-state index in [-0.39, 0.29) is 0 Å². The van der Waals surface area contributed by atoms with Crippen LogP contribution in [0, 0.1) is 11.3 Å². The number of aryl methyl sites for hydroxylation is 1. The largest absolute Gasteiger partial charge is 0.479 e. The summed E-state index contributed by atoms with van der Waals surface area (Å²) in [5.41, 5.74) is 0.310. The van der Waals surface area contributed by atoms with E-state index in [1.54, 1.807) is 12.1 Å². The van der Waals surface area contributed by atoms with Crippen molar-refractivity contribution >= 4 is 5.97 Å². The van der Waals surface area contributed by atoms with Crippen molar-refractivity contribution in [1.29, 1.82) is 5.26 Å². The van der Waals surface area contributed by atoms with Gasteiger partial charge in [0, 0.05) is 0 Å². The van der Waals surface area contributed by atoms with E-state index >= 15 is 0 Å². The van der Waals surface area contributed by atoms with Crippen LogP contribution in [0.2, 0.25) is 0 Å². The Morgan fingerprint density at radius 1 is 1.47 bits per heavy atom. The summed E-state index contributed by atoms with van der Waals surface area (Å²) in [5.74, 6) is -1.34. The molecule has 1 aliphatic rings. The molecule has 0 heterocycles. The predicted molar refractivity (Wildman–Crippen MR) is 60.3 cm³/mol. The van der Waals surface area contributed by atoms with E-state index in [1.165, 1.54) is 0 Å². The Hall–Kier alpha value is -1.86. The van der Waals surface area contributed by atoms with Crippen molar-refractivity contribution in [2.75, 3.05) is 0 Å². The van der Waals surface area contributed by atoms with Gasteiger partial charge in [-0.25, -0.2) is 4.79 Å². The lowest BCUT2D eigenvalue weighted by Gasteiger charge is -2.35. The predicted octanol–water partition coefficient (Wildman–Crippen LogP) is 1.23. The molecule has 0 amide bonds. The maximum absolute atomic E-state index is 11.0. The number of benzene rings is 1. The van der Waals surface area contributed by atoms with E-state index in [9.17, 15) is 15.2 Å². The fourth-order valence-electron chi connectivity index (χ4n) is 2.54. The van der Waals surface area contributed by atoms with Gasteiger partial charge in [-0.3, -0.25) is 0 Å². The second-order valence-electron chi connectivity index (χ2n) is 4.33. The zero-order chi connectivity index (χ0) is 12.5. The number of hydrogen-bond donors (Lipinski definition) is 2. The molecule has 0 saturated carbocycles. The minimum Gasteiger partial charge on any atom is -0.479 e. The molecule has 0 radical (unpaired) electrons. The summed E-state index contributed by atoms with van der Waals surface area (Å²) in [5, 5.41) is 28.1. The van der Waals surface area contributed by atoms with Crippen molar-refractivity contribution < 1.29 is 15.0 Å². The number of carboxylic acids is 1. The SMILES string of the molecule is N#CC1(C(O)C(=O)O)CCCc2ccccc21. The molecular weight excluding hydrogens is 218 g/mol. The van der Waals surface area contributed by atoms with Crippen LogP contribution in [0.25, 0.3) is 0 Å². The van der Waals surface area contributed by atoms with E-state index in [2.05, 4.69) is 0 Å². The molecule has 4 heteroatoms. The van der Waals surface area contributed by atoms with Gasteiger partial charge in [-0.15, -0.1) is 0 Å². The van der Waals surface area contributed by atoms with Crippen LogP contribution in [0.1, 0.15) is 24.0 Å². The van der Waals surface area contributed by atoms with E-state index < -0.39 is 17.5 Å². The number of aliphatic hydroxyl groups is 1. The first-order chi connectivity index (χ1) is 8.12. The van der Waals surface area contributed by atoms with Gasteiger partial charge in [-0.1, -0.05) is 24.3 Å². The number of carboxylic acid groups (broad SMARTS) is 1. The summed E-state index contributed by atoms with van der Waals surface area (Å²) in [7, 11) is 0. The van der Waals surface area contributed by atoms with Gasteiger partial charge in [0.1, 0.15) is 5.41 Å². The maximum Gasteiger partial charge on any atom is 0.334 e. The Labute approximate surface area is 99.1 Å². The van der Waals surface area contributed by atoms with Gasteiger partial charge in [0.05, 0.1) is 6.07 Å². The van der Waals surface area contributed by atoms with Crippen LogP contribution in [0.3, 0.4) is 0 Å². The minimum atomic E-state index is -1.67. The van der Waals surface area contributed by atoms with Crippen molar-refractivity contribution in [3.05, 3.63) is 35.4 Å². The molecule has 2 N–H and O–H groups in total. The second kappa shape index (κ2) is 4.19. The number of fused-ring (bicyclic) bond motifs is 1. The number of nitrogens with zero attached hydrogens (tertiary/aromatic N) is 1. The number of aliphatic hydroxyl groups excluding tert-OH is 1. The maximum atomic E-state index is 11.0. The zero-order valence-corrected chi connectivity index (χ0v) is 9.26. The van der Waals surface area contributed by atoms with Gasteiger partial charge >= 0.3 is 5.97 Å². The Kier molecular flexibility index (Phi) is 2.86. The molecule has 2 rings (SSSR count). The Morgan fingerprint density at radius 2 is 2.18 bits per heavy atom. The molecular formula is C13H13NO3. The lowest BCUT2D eigenvalue weighted by molar-refractivity contribution is -0.149. The molecule has 1 aliphatic carbocycles. The van der Waals surface area contributed by atoms with E-state index in [1.807, 2.05) is 18.2 Å². The van der Waals surface area contributed by atoms with Gasteiger partial charge in [-0.2, -0.15) is 5.26 Å². The number of aliphatic carboxylic acids is 1. The van der Waals surface area contributed by atoms with Gasteiger partial charge in [0.15, 0.2) is 6.10 Å². The van der Waals surface area contributed by atoms with Crippen molar-refractivity contribution in [1.82, 2.24) is 0 Å². The van der Waals surface area contributed by atoms with E-state index in [4.69, 9.17) is 5.11 Å². The lowest BCUT2D eigenvalue weighted by Crippen LogP contribution is -2.45. The fraction of sp³-hybridized carbons (Fsp3) is 0.385. The first-order valence-corrected chi connectivity index (χ1v) is 5.52. The Morgan fingerprint density at radius 3 is 2.82 bits per heavy atom.